The molecule has 1 saturated heterocycles. The zero-order valence-electron chi connectivity index (χ0n) is 12.6. The molecule has 0 N–H and O–H groups in total. The van der Waals surface area contributed by atoms with Crippen LogP contribution < -0.4 is 4.90 Å². The summed E-state index contributed by atoms with van der Waals surface area (Å²) in [6.45, 7) is 6.36. The van der Waals surface area contributed by atoms with E-state index in [1.165, 1.54) is 12.5 Å². The van der Waals surface area contributed by atoms with Crippen LogP contribution in [-0.2, 0) is 0 Å². The second-order valence-electron chi connectivity index (χ2n) is 5.99. The van der Waals surface area contributed by atoms with Crippen LogP contribution in [0.15, 0.2) is 18.2 Å². The summed E-state index contributed by atoms with van der Waals surface area (Å²) in [6.07, 6.45) is 3.44. The summed E-state index contributed by atoms with van der Waals surface area (Å²) in [5.74, 6) is 1.41. The molecule has 1 atom stereocenters. The van der Waals surface area contributed by atoms with E-state index in [-0.39, 0.29) is 11.3 Å². The maximum atomic E-state index is 11.1. The Bertz CT molecular complexity index is 563. The second-order valence-corrected chi connectivity index (χ2v) is 5.99. The molecule has 0 spiro atoms. The van der Waals surface area contributed by atoms with Crippen LogP contribution in [-0.4, -0.2) is 18.0 Å². The molecule has 0 amide bonds. The maximum Gasteiger partial charge on any atom is 0.289 e. The number of hydrogen-bond donors (Lipinski definition) is 0. The molecule has 0 radical (unpaired) electrons. The summed E-state index contributed by atoms with van der Waals surface area (Å²) < 4.78 is 0. The minimum Gasteiger partial charge on any atom is -0.371 e. The Morgan fingerprint density at radius 1 is 1.38 bits per heavy atom. The molecule has 1 heterocycles. The summed E-state index contributed by atoms with van der Waals surface area (Å²) in [7, 11) is 0. The SMILES string of the molecule is CC(C)C1CCCN(c2ccc(C#N)c([N+](=O)[O-])c2)CC1. The molecule has 5 heteroatoms. The minimum atomic E-state index is -0.475. The molecule has 1 aliphatic rings. The predicted molar refractivity (Wildman–Crippen MR) is 82.2 cm³/mol. The highest BCUT2D eigenvalue weighted by atomic mass is 16.6. The third-order valence-electron chi connectivity index (χ3n) is 4.38. The molecule has 2 rings (SSSR count). The van der Waals surface area contributed by atoms with Crippen LogP contribution in [0.2, 0.25) is 0 Å². The monoisotopic (exact) mass is 287 g/mol. The highest BCUT2D eigenvalue weighted by molar-refractivity contribution is 5.60. The first-order valence-electron chi connectivity index (χ1n) is 7.46. The van der Waals surface area contributed by atoms with Crippen molar-refractivity contribution < 1.29 is 4.92 Å². The van der Waals surface area contributed by atoms with Crippen LogP contribution in [0.1, 0.15) is 38.7 Å². The predicted octanol–water partition coefficient (Wildman–Crippen LogP) is 3.73. The molecule has 0 aromatic heterocycles. The molecular weight excluding hydrogens is 266 g/mol. The number of nitriles is 1. The van der Waals surface area contributed by atoms with Gasteiger partial charge in [-0.2, -0.15) is 5.26 Å². The van der Waals surface area contributed by atoms with E-state index in [0.29, 0.717) is 5.92 Å². The van der Waals surface area contributed by atoms with E-state index in [1.54, 1.807) is 6.07 Å². The Hall–Kier alpha value is -2.09. The zero-order chi connectivity index (χ0) is 15.4. The topological polar surface area (TPSA) is 70.2 Å². The molecule has 0 bridgehead atoms. The largest absolute Gasteiger partial charge is 0.371 e. The van der Waals surface area contributed by atoms with Gasteiger partial charge in [-0.15, -0.1) is 0 Å². The fourth-order valence-corrected chi connectivity index (χ4v) is 3.01. The van der Waals surface area contributed by atoms with Crippen LogP contribution in [0.25, 0.3) is 0 Å². The van der Waals surface area contributed by atoms with E-state index in [0.717, 1.165) is 37.5 Å². The van der Waals surface area contributed by atoms with E-state index >= 15 is 0 Å². The Labute approximate surface area is 125 Å². The van der Waals surface area contributed by atoms with Gasteiger partial charge in [0.15, 0.2) is 0 Å². The molecular formula is C16H21N3O2. The first kappa shape index (κ1) is 15.3. The Balaban J connectivity index is 2.20. The first-order valence-corrected chi connectivity index (χ1v) is 7.46. The molecule has 1 unspecified atom stereocenters. The van der Waals surface area contributed by atoms with Crippen LogP contribution in [0.5, 0.6) is 0 Å². The molecule has 1 aliphatic heterocycles. The van der Waals surface area contributed by atoms with Crippen molar-refractivity contribution in [3.63, 3.8) is 0 Å². The molecule has 1 aromatic rings. The van der Waals surface area contributed by atoms with Crippen molar-refractivity contribution in [1.82, 2.24) is 0 Å². The van der Waals surface area contributed by atoms with E-state index in [2.05, 4.69) is 18.7 Å². The Morgan fingerprint density at radius 2 is 2.14 bits per heavy atom. The lowest BCUT2D eigenvalue weighted by atomic mass is 9.89. The van der Waals surface area contributed by atoms with Gasteiger partial charge >= 0.3 is 0 Å². The van der Waals surface area contributed by atoms with Crippen LogP contribution in [0, 0.1) is 33.3 Å². The number of anilines is 1. The molecule has 0 saturated carbocycles. The summed E-state index contributed by atoms with van der Waals surface area (Å²) in [5, 5.41) is 20.0. The van der Waals surface area contributed by atoms with E-state index in [1.807, 2.05) is 12.1 Å². The van der Waals surface area contributed by atoms with E-state index in [4.69, 9.17) is 5.26 Å². The number of nitro groups is 1. The third-order valence-corrected chi connectivity index (χ3v) is 4.38. The number of benzene rings is 1. The third kappa shape index (κ3) is 3.52. The van der Waals surface area contributed by atoms with Crippen molar-refractivity contribution >= 4 is 11.4 Å². The van der Waals surface area contributed by atoms with Gasteiger partial charge in [-0.3, -0.25) is 10.1 Å². The standard InChI is InChI=1S/C16H21N3O2/c1-12(2)13-4-3-8-18(9-7-13)15-6-5-14(11-17)16(10-15)19(20)21/h5-6,10,12-13H,3-4,7-9H2,1-2H3. The van der Waals surface area contributed by atoms with Crippen molar-refractivity contribution in [1.29, 1.82) is 5.26 Å². The van der Waals surface area contributed by atoms with E-state index < -0.39 is 4.92 Å². The lowest BCUT2D eigenvalue weighted by Gasteiger charge is -2.23. The quantitative estimate of drug-likeness (QED) is 0.627. The fourth-order valence-electron chi connectivity index (χ4n) is 3.01. The lowest BCUT2D eigenvalue weighted by molar-refractivity contribution is -0.385. The van der Waals surface area contributed by atoms with Gasteiger partial charge in [0.2, 0.25) is 0 Å². The van der Waals surface area contributed by atoms with Crippen molar-refractivity contribution in [3.05, 3.63) is 33.9 Å². The average Bonchev–Trinajstić information content (AvgIpc) is 2.72. The zero-order valence-corrected chi connectivity index (χ0v) is 12.6. The maximum absolute atomic E-state index is 11.1. The van der Waals surface area contributed by atoms with Crippen LogP contribution in [0.3, 0.4) is 0 Å². The summed E-state index contributed by atoms with van der Waals surface area (Å²) >= 11 is 0. The lowest BCUT2D eigenvalue weighted by Crippen LogP contribution is -2.24. The number of hydrogen-bond acceptors (Lipinski definition) is 4. The average molecular weight is 287 g/mol. The molecule has 112 valence electrons. The van der Waals surface area contributed by atoms with Crippen molar-refractivity contribution in [2.75, 3.05) is 18.0 Å². The van der Waals surface area contributed by atoms with Gasteiger partial charge in [-0.25, -0.2) is 0 Å². The second kappa shape index (κ2) is 6.57. The summed E-state index contributed by atoms with van der Waals surface area (Å²) in [4.78, 5) is 12.8. The molecule has 1 fully saturated rings. The molecule has 0 aliphatic carbocycles. The van der Waals surface area contributed by atoms with Crippen molar-refractivity contribution in [3.8, 4) is 6.07 Å². The van der Waals surface area contributed by atoms with Gasteiger partial charge < -0.3 is 4.90 Å². The van der Waals surface area contributed by atoms with Crippen LogP contribution in [0.4, 0.5) is 11.4 Å². The van der Waals surface area contributed by atoms with Gasteiger partial charge in [0, 0.05) is 24.8 Å². The number of nitro benzene ring substituents is 1. The molecule has 21 heavy (non-hydrogen) atoms. The van der Waals surface area contributed by atoms with Crippen molar-refractivity contribution in [2.24, 2.45) is 11.8 Å². The smallest absolute Gasteiger partial charge is 0.289 e. The molecule has 5 nitrogen and oxygen atoms in total. The molecule has 1 aromatic carbocycles. The Kier molecular flexibility index (Phi) is 4.79. The fraction of sp³-hybridized carbons (Fsp3) is 0.562. The van der Waals surface area contributed by atoms with Gasteiger partial charge in [0.25, 0.3) is 5.69 Å². The highest BCUT2D eigenvalue weighted by Gasteiger charge is 2.22. The number of nitrogens with zero attached hydrogens (tertiary/aromatic N) is 3. The summed E-state index contributed by atoms with van der Waals surface area (Å²) in [5.41, 5.74) is 0.878. The van der Waals surface area contributed by atoms with Gasteiger partial charge in [0.05, 0.1) is 4.92 Å². The van der Waals surface area contributed by atoms with Gasteiger partial charge in [-0.1, -0.05) is 13.8 Å². The van der Waals surface area contributed by atoms with Crippen molar-refractivity contribution in [2.45, 2.75) is 33.1 Å². The first-order chi connectivity index (χ1) is 10.0. The normalized spacial score (nSPS) is 19.1. The Morgan fingerprint density at radius 3 is 2.76 bits per heavy atom. The van der Waals surface area contributed by atoms with Gasteiger partial charge in [-0.05, 0) is 43.2 Å². The number of rotatable bonds is 3. The highest BCUT2D eigenvalue weighted by Crippen LogP contribution is 2.30. The minimum absolute atomic E-state index is 0.0975. The van der Waals surface area contributed by atoms with Gasteiger partial charge in [0.1, 0.15) is 11.6 Å². The summed E-state index contributed by atoms with van der Waals surface area (Å²) in [6, 6.07) is 6.79. The van der Waals surface area contributed by atoms with E-state index in [9.17, 15) is 10.1 Å². The van der Waals surface area contributed by atoms with Crippen LogP contribution >= 0.6 is 0 Å².